The van der Waals surface area contributed by atoms with E-state index in [0.717, 1.165) is 16.9 Å². The van der Waals surface area contributed by atoms with E-state index in [-0.39, 0.29) is 11.8 Å². The molecule has 4 rings (SSSR count). The normalized spacial score (nSPS) is 16.1. The fourth-order valence-electron chi connectivity index (χ4n) is 3.31. The average Bonchev–Trinajstić information content (AvgIpc) is 3.31. The van der Waals surface area contributed by atoms with Crippen molar-refractivity contribution >= 4 is 23.1 Å². The van der Waals surface area contributed by atoms with Crippen molar-refractivity contribution in [2.45, 2.75) is 18.9 Å². The van der Waals surface area contributed by atoms with Crippen LogP contribution in [0.3, 0.4) is 0 Å². The number of carbonyl (C=O) groups is 1. The highest BCUT2D eigenvalue weighted by molar-refractivity contribution is 7.09. The lowest BCUT2D eigenvalue weighted by molar-refractivity contribution is -0.116. The SMILES string of the molecule is COc1ccc(C2CC(=O)Nc3c2cnn3Cc2cccs2)cc1OC. The third-order valence-corrected chi connectivity index (χ3v) is 5.45. The third kappa shape index (κ3) is 2.94. The van der Waals surface area contributed by atoms with Crippen LogP contribution in [0.1, 0.15) is 28.3 Å². The summed E-state index contributed by atoms with van der Waals surface area (Å²) in [5.74, 6) is 2.03. The molecule has 1 aliphatic rings. The molecule has 134 valence electrons. The van der Waals surface area contributed by atoms with Gasteiger partial charge < -0.3 is 14.8 Å². The second kappa shape index (κ2) is 6.84. The molecule has 2 aromatic heterocycles. The molecule has 0 saturated heterocycles. The number of fused-ring (bicyclic) bond motifs is 1. The highest BCUT2D eigenvalue weighted by Crippen LogP contribution is 2.40. The van der Waals surface area contributed by atoms with Crippen molar-refractivity contribution in [2.75, 3.05) is 19.5 Å². The van der Waals surface area contributed by atoms with E-state index < -0.39 is 0 Å². The van der Waals surface area contributed by atoms with Gasteiger partial charge in [-0.3, -0.25) is 4.79 Å². The number of benzene rings is 1. The lowest BCUT2D eigenvalue weighted by Gasteiger charge is -2.24. The maximum Gasteiger partial charge on any atom is 0.226 e. The van der Waals surface area contributed by atoms with Crippen molar-refractivity contribution in [3.63, 3.8) is 0 Å². The number of ether oxygens (including phenoxy) is 2. The molecule has 1 N–H and O–H groups in total. The number of hydrogen-bond donors (Lipinski definition) is 1. The minimum Gasteiger partial charge on any atom is -0.493 e. The number of nitrogens with zero attached hydrogens (tertiary/aromatic N) is 2. The topological polar surface area (TPSA) is 65.4 Å². The molecule has 0 fully saturated rings. The molecule has 1 aliphatic heterocycles. The number of aromatic nitrogens is 2. The van der Waals surface area contributed by atoms with Crippen LogP contribution in [0.15, 0.2) is 41.9 Å². The summed E-state index contributed by atoms with van der Waals surface area (Å²) in [6.07, 6.45) is 2.23. The van der Waals surface area contributed by atoms with Crippen LogP contribution in [0, 0.1) is 0 Å². The first-order valence-electron chi connectivity index (χ1n) is 8.29. The van der Waals surface area contributed by atoms with Crippen molar-refractivity contribution < 1.29 is 14.3 Å². The summed E-state index contributed by atoms with van der Waals surface area (Å²) in [6, 6.07) is 9.86. The molecule has 0 bridgehead atoms. The van der Waals surface area contributed by atoms with Crippen molar-refractivity contribution in [1.29, 1.82) is 0 Å². The standard InChI is InChI=1S/C19H19N3O3S/c1-24-16-6-5-12(8-17(16)25-2)14-9-18(23)21-19-15(14)10-20-22(19)11-13-4-3-7-26-13/h3-8,10,14H,9,11H2,1-2H3,(H,21,23). The van der Waals surface area contributed by atoms with Gasteiger partial charge in [0.05, 0.1) is 27.0 Å². The number of carbonyl (C=O) groups excluding carboxylic acids is 1. The molecule has 1 atom stereocenters. The van der Waals surface area contributed by atoms with E-state index in [1.807, 2.05) is 40.5 Å². The quantitative estimate of drug-likeness (QED) is 0.748. The molecule has 1 unspecified atom stereocenters. The van der Waals surface area contributed by atoms with Crippen LogP contribution in [0.5, 0.6) is 11.5 Å². The Bertz CT molecular complexity index is 934. The summed E-state index contributed by atoms with van der Waals surface area (Å²) in [7, 11) is 3.22. The number of thiophene rings is 1. The smallest absolute Gasteiger partial charge is 0.226 e. The number of anilines is 1. The van der Waals surface area contributed by atoms with E-state index in [4.69, 9.17) is 9.47 Å². The number of hydrogen-bond acceptors (Lipinski definition) is 5. The van der Waals surface area contributed by atoms with E-state index in [2.05, 4.69) is 16.5 Å². The maximum atomic E-state index is 12.3. The molecule has 26 heavy (non-hydrogen) atoms. The number of methoxy groups -OCH3 is 2. The van der Waals surface area contributed by atoms with Gasteiger partial charge in [0.1, 0.15) is 5.82 Å². The molecule has 7 heteroatoms. The number of nitrogens with one attached hydrogen (secondary N) is 1. The molecule has 0 saturated carbocycles. The monoisotopic (exact) mass is 369 g/mol. The molecule has 0 aliphatic carbocycles. The Balaban J connectivity index is 1.72. The summed E-state index contributed by atoms with van der Waals surface area (Å²) in [6.45, 7) is 0.645. The summed E-state index contributed by atoms with van der Waals surface area (Å²) >= 11 is 1.67. The fraction of sp³-hybridized carbons (Fsp3) is 0.263. The second-order valence-corrected chi connectivity index (χ2v) is 7.14. The van der Waals surface area contributed by atoms with E-state index in [9.17, 15) is 4.79 Å². The zero-order valence-corrected chi connectivity index (χ0v) is 15.4. The Labute approximate surface area is 155 Å². The van der Waals surface area contributed by atoms with E-state index in [1.54, 1.807) is 25.6 Å². The Morgan fingerprint density at radius 1 is 1.27 bits per heavy atom. The van der Waals surface area contributed by atoms with Gasteiger partial charge in [-0.2, -0.15) is 5.10 Å². The van der Waals surface area contributed by atoms with Gasteiger partial charge in [0, 0.05) is 22.8 Å². The second-order valence-electron chi connectivity index (χ2n) is 6.10. The summed E-state index contributed by atoms with van der Waals surface area (Å²) in [4.78, 5) is 13.5. The van der Waals surface area contributed by atoms with Crippen LogP contribution >= 0.6 is 11.3 Å². The van der Waals surface area contributed by atoms with Crippen LogP contribution in [0.25, 0.3) is 0 Å². The first-order valence-corrected chi connectivity index (χ1v) is 9.17. The van der Waals surface area contributed by atoms with Crippen molar-refractivity contribution in [1.82, 2.24) is 9.78 Å². The summed E-state index contributed by atoms with van der Waals surface area (Å²) in [5.41, 5.74) is 2.03. The predicted octanol–water partition coefficient (Wildman–Crippen LogP) is 3.48. The van der Waals surface area contributed by atoms with Crippen LogP contribution in [0.4, 0.5) is 5.82 Å². The van der Waals surface area contributed by atoms with Crippen LogP contribution in [0.2, 0.25) is 0 Å². The Hall–Kier alpha value is -2.80. The van der Waals surface area contributed by atoms with E-state index >= 15 is 0 Å². The summed E-state index contributed by atoms with van der Waals surface area (Å²) in [5, 5.41) is 9.53. The van der Waals surface area contributed by atoms with Gasteiger partial charge in [0.15, 0.2) is 11.5 Å². The van der Waals surface area contributed by atoms with Gasteiger partial charge in [-0.15, -0.1) is 11.3 Å². The Morgan fingerprint density at radius 3 is 2.85 bits per heavy atom. The van der Waals surface area contributed by atoms with Gasteiger partial charge in [0.2, 0.25) is 5.91 Å². The van der Waals surface area contributed by atoms with Gasteiger partial charge in [-0.1, -0.05) is 12.1 Å². The molecule has 6 nitrogen and oxygen atoms in total. The average molecular weight is 369 g/mol. The van der Waals surface area contributed by atoms with Gasteiger partial charge >= 0.3 is 0 Å². The molecule has 1 aromatic carbocycles. The van der Waals surface area contributed by atoms with E-state index in [1.165, 1.54) is 4.88 Å². The van der Waals surface area contributed by atoms with Gasteiger partial charge in [-0.05, 0) is 29.1 Å². The van der Waals surface area contributed by atoms with Crippen molar-refractivity contribution in [2.24, 2.45) is 0 Å². The molecular formula is C19H19N3O3S. The lowest BCUT2D eigenvalue weighted by atomic mass is 9.87. The molecule has 0 radical (unpaired) electrons. The minimum absolute atomic E-state index is 0.00906. The van der Waals surface area contributed by atoms with Crippen LogP contribution in [-0.4, -0.2) is 29.9 Å². The maximum absolute atomic E-state index is 12.3. The molecule has 3 heterocycles. The minimum atomic E-state index is -0.0596. The highest BCUT2D eigenvalue weighted by atomic mass is 32.1. The zero-order chi connectivity index (χ0) is 18.1. The van der Waals surface area contributed by atoms with Gasteiger partial charge in [0.25, 0.3) is 0 Å². The van der Waals surface area contributed by atoms with E-state index in [0.29, 0.717) is 24.5 Å². The fourth-order valence-corrected chi connectivity index (χ4v) is 3.99. The Kier molecular flexibility index (Phi) is 4.38. The molecule has 3 aromatic rings. The Morgan fingerprint density at radius 2 is 2.12 bits per heavy atom. The number of rotatable bonds is 5. The molecule has 1 amide bonds. The number of amides is 1. The highest BCUT2D eigenvalue weighted by Gasteiger charge is 2.30. The largest absolute Gasteiger partial charge is 0.493 e. The lowest BCUT2D eigenvalue weighted by Crippen LogP contribution is -2.25. The van der Waals surface area contributed by atoms with Gasteiger partial charge in [-0.25, -0.2) is 4.68 Å². The van der Waals surface area contributed by atoms with Crippen LogP contribution < -0.4 is 14.8 Å². The van der Waals surface area contributed by atoms with Crippen molar-refractivity contribution in [3.05, 3.63) is 57.9 Å². The predicted molar refractivity (Wildman–Crippen MR) is 100 cm³/mol. The molecular weight excluding hydrogens is 350 g/mol. The third-order valence-electron chi connectivity index (χ3n) is 4.59. The first-order chi connectivity index (χ1) is 12.7. The zero-order valence-electron chi connectivity index (χ0n) is 14.6. The van der Waals surface area contributed by atoms with Crippen molar-refractivity contribution in [3.8, 4) is 11.5 Å². The first kappa shape index (κ1) is 16.7. The molecule has 0 spiro atoms. The summed E-state index contributed by atoms with van der Waals surface area (Å²) < 4.78 is 12.6. The van der Waals surface area contributed by atoms with Crippen LogP contribution in [-0.2, 0) is 11.3 Å².